The molecule has 0 aliphatic heterocycles. The molecule has 5 nitrogen and oxygen atoms in total. The van der Waals surface area contributed by atoms with Crippen molar-refractivity contribution in [2.45, 2.75) is 0 Å². The van der Waals surface area contributed by atoms with Crippen LogP contribution in [-0.4, -0.2) is 25.7 Å². The molecule has 5 heteroatoms. The molecule has 0 spiro atoms. The fraction of sp³-hybridized carbons (Fsp3) is 0. The molecule has 0 amide bonds. The molecule has 0 radical (unpaired) electrons. The standard InChI is InChI=1S/C11H7N3O2/c15-11(16)7-2-3-9-8(6-7)10-12-4-1-5-14(10)13-9/h1-6H,(H,15,16). The van der Waals surface area contributed by atoms with Crippen molar-refractivity contribution >= 4 is 22.5 Å². The maximum Gasteiger partial charge on any atom is 0.335 e. The summed E-state index contributed by atoms with van der Waals surface area (Å²) in [5.41, 5.74) is 1.65. The number of rotatable bonds is 1. The molecule has 0 aliphatic rings. The maximum absolute atomic E-state index is 10.9. The monoisotopic (exact) mass is 213 g/mol. The van der Waals surface area contributed by atoms with Crippen LogP contribution in [0.3, 0.4) is 0 Å². The SMILES string of the molecule is O=C(O)c1ccc2nn3cccnc3c2c1. The average Bonchev–Trinajstić information content (AvgIpc) is 2.66. The Bertz CT molecular complexity index is 703. The second-order valence-corrected chi connectivity index (χ2v) is 3.42. The first-order chi connectivity index (χ1) is 7.75. The number of carbonyl (C=O) groups is 1. The number of hydrogen-bond donors (Lipinski definition) is 1. The summed E-state index contributed by atoms with van der Waals surface area (Å²) in [5.74, 6) is -0.947. The van der Waals surface area contributed by atoms with Gasteiger partial charge >= 0.3 is 5.97 Å². The molecule has 1 N–H and O–H groups in total. The second-order valence-electron chi connectivity index (χ2n) is 3.42. The molecule has 0 aliphatic carbocycles. The number of aromatic carboxylic acids is 1. The van der Waals surface area contributed by atoms with E-state index in [2.05, 4.69) is 10.1 Å². The minimum atomic E-state index is -0.947. The number of nitrogens with zero attached hydrogens (tertiary/aromatic N) is 3. The summed E-state index contributed by atoms with van der Waals surface area (Å²) in [6.07, 6.45) is 3.44. The van der Waals surface area contributed by atoms with E-state index < -0.39 is 5.97 Å². The highest BCUT2D eigenvalue weighted by Gasteiger charge is 2.09. The third kappa shape index (κ3) is 1.15. The van der Waals surface area contributed by atoms with Gasteiger partial charge < -0.3 is 5.11 Å². The number of aromatic nitrogens is 3. The molecule has 78 valence electrons. The van der Waals surface area contributed by atoms with Crippen LogP contribution in [0.25, 0.3) is 16.6 Å². The summed E-state index contributed by atoms with van der Waals surface area (Å²) in [6, 6.07) is 6.59. The smallest absolute Gasteiger partial charge is 0.335 e. The molecular formula is C11H7N3O2. The Morgan fingerprint density at radius 1 is 1.38 bits per heavy atom. The first-order valence-corrected chi connectivity index (χ1v) is 4.72. The predicted molar refractivity (Wildman–Crippen MR) is 57.5 cm³/mol. The highest BCUT2D eigenvalue weighted by atomic mass is 16.4. The molecule has 3 rings (SSSR count). The highest BCUT2D eigenvalue weighted by Crippen LogP contribution is 2.19. The van der Waals surface area contributed by atoms with Crippen LogP contribution >= 0.6 is 0 Å². The van der Waals surface area contributed by atoms with Gasteiger partial charge in [-0.25, -0.2) is 14.3 Å². The van der Waals surface area contributed by atoms with E-state index in [9.17, 15) is 4.79 Å². The summed E-state index contributed by atoms with van der Waals surface area (Å²) >= 11 is 0. The summed E-state index contributed by atoms with van der Waals surface area (Å²) in [4.78, 5) is 15.0. The highest BCUT2D eigenvalue weighted by molar-refractivity contribution is 5.98. The van der Waals surface area contributed by atoms with Gasteiger partial charge in [-0.15, -0.1) is 0 Å². The van der Waals surface area contributed by atoms with Gasteiger partial charge in [-0.1, -0.05) is 0 Å². The number of carboxylic acids is 1. The quantitative estimate of drug-likeness (QED) is 0.666. The molecular weight excluding hydrogens is 206 g/mol. The Morgan fingerprint density at radius 3 is 3.06 bits per heavy atom. The van der Waals surface area contributed by atoms with Crippen LogP contribution in [0.4, 0.5) is 0 Å². The largest absolute Gasteiger partial charge is 0.478 e. The number of fused-ring (bicyclic) bond motifs is 3. The lowest BCUT2D eigenvalue weighted by atomic mass is 10.1. The van der Waals surface area contributed by atoms with Gasteiger partial charge in [-0.3, -0.25) is 0 Å². The van der Waals surface area contributed by atoms with Crippen LogP contribution in [0.1, 0.15) is 10.4 Å². The molecule has 0 fully saturated rings. The van der Waals surface area contributed by atoms with Crippen LogP contribution < -0.4 is 0 Å². The Kier molecular flexibility index (Phi) is 1.67. The lowest BCUT2D eigenvalue weighted by Gasteiger charge is -1.93. The first-order valence-electron chi connectivity index (χ1n) is 4.72. The van der Waals surface area contributed by atoms with Gasteiger partial charge in [0.1, 0.15) is 0 Å². The van der Waals surface area contributed by atoms with Crippen LogP contribution in [0, 0.1) is 0 Å². The predicted octanol–water partition coefficient (Wildman–Crippen LogP) is 1.58. The normalized spacial score (nSPS) is 11.0. The minimum absolute atomic E-state index is 0.244. The van der Waals surface area contributed by atoms with Crippen molar-refractivity contribution in [3.05, 3.63) is 42.2 Å². The van der Waals surface area contributed by atoms with E-state index in [4.69, 9.17) is 5.11 Å². The lowest BCUT2D eigenvalue weighted by molar-refractivity contribution is 0.0697. The zero-order valence-electron chi connectivity index (χ0n) is 8.16. The van der Waals surface area contributed by atoms with Crippen molar-refractivity contribution in [3.8, 4) is 0 Å². The van der Waals surface area contributed by atoms with E-state index in [1.54, 1.807) is 35.1 Å². The molecule has 0 saturated heterocycles. The van der Waals surface area contributed by atoms with Crippen molar-refractivity contribution in [1.82, 2.24) is 14.6 Å². The van der Waals surface area contributed by atoms with E-state index in [-0.39, 0.29) is 5.56 Å². The van der Waals surface area contributed by atoms with E-state index in [0.717, 1.165) is 10.9 Å². The van der Waals surface area contributed by atoms with Gasteiger partial charge in [-0.2, -0.15) is 5.10 Å². The zero-order valence-corrected chi connectivity index (χ0v) is 8.16. The van der Waals surface area contributed by atoms with Gasteiger partial charge in [0.15, 0.2) is 5.65 Å². The number of hydrogen-bond acceptors (Lipinski definition) is 3. The van der Waals surface area contributed by atoms with Crippen LogP contribution in [0.2, 0.25) is 0 Å². The van der Waals surface area contributed by atoms with Gasteiger partial charge in [0, 0.05) is 17.8 Å². The third-order valence-electron chi connectivity index (χ3n) is 2.43. The molecule has 0 bridgehead atoms. The molecule has 2 heterocycles. The summed E-state index contributed by atoms with van der Waals surface area (Å²) in [5, 5.41) is 13.9. The van der Waals surface area contributed by atoms with Gasteiger partial charge in [0.2, 0.25) is 0 Å². The topological polar surface area (TPSA) is 67.5 Å². The van der Waals surface area contributed by atoms with Crippen molar-refractivity contribution in [2.24, 2.45) is 0 Å². The molecule has 16 heavy (non-hydrogen) atoms. The fourth-order valence-corrected chi connectivity index (χ4v) is 1.69. The van der Waals surface area contributed by atoms with Crippen LogP contribution in [-0.2, 0) is 0 Å². The number of carboxylic acid groups (broad SMARTS) is 1. The Labute approximate surface area is 90.0 Å². The van der Waals surface area contributed by atoms with Crippen LogP contribution in [0.5, 0.6) is 0 Å². The Balaban J connectivity index is 2.44. The summed E-state index contributed by atoms with van der Waals surface area (Å²) in [6.45, 7) is 0. The van der Waals surface area contributed by atoms with Crippen LogP contribution in [0.15, 0.2) is 36.7 Å². The molecule has 0 atom stereocenters. The van der Waals surface area contributed by atoms with E-state index in [1.165, 1.54) is 6.07 Å². The Morgan fingerprint density at radius 2 is 2.25 bits per heavy atom. The zero-order chi connectivity index (χ0) is 11.1. The molecule has 0 saturated carbocycles. The fourth-order valence-electron chi connectivity index (χ4n) is 1.69. The van der Waals surface area contributed by atoms with Crippen molar-refractivity contribution < 1.29 is 9.90 Å². The molecule has 0 unspecified atom stereocenters. The average molecular weight is 213 g/mol. The second kappa shape index (κ2) is 3.03. The van der Waals surface area contributed by atoms with Gasteiger partial charge in [0.05, 0.1) is 11.1 Å². The van der Waals surface area contributed by atoms with E-state index in [0.29, 0.717) is 5.65 Å². The van der Waals surface area contributed by atoms with Gasteiger partial charge in [-0.05, 0) is 24.3 Å². The summed E-state index contributed by atoms with van der Waals surface area (Å²) < 4.78 is 1.64. The summed E-state index contributed by atoms with van der Waals surface area (Å²) in [7, 11) is 0. The first kappa shape index (κ1) is 8.84. The maximum atomic E-state index is 10.9. The molecule has 1 aromatic carbocycles. The van der Waals surface area contributed by atoms with Crippen molar-refractivity contribution in [3.63, 3.8) is 0 Å². The van der Waals surface area contributed by atoms with Gasteiger partial charge in [0.25, 0.3) is 0 Å². The lowest BCUT2D eigenvalue weighted by Crippen LogP contribution is -1.94. The van der Waals surface area contributed by atoms with Crippen molar-refractivity contribution in [1.29, 1.82) is 0 Å². The molecule has 3 aromatic rings. The number of benzene rings is 1. The minimum Gasteiger partial charge on any atom is -0.478 e. The van der Waals surface area contributed by atoms with E-state index >= 15 is 0 Å². The third-order valence-corrected chi connectivity index (χ3v) is 2.43. The molecule has 2 aromatic heterocycles. The Hall–Kier alpha value is -2.43. The van der Waals surface area contributed by atoms with Crippen molar-refractivity contribution in [2.75, 3.05) is 0 Å². The van der Waals surface area contributed by atoms with E-state index in [1.807, 2.05) is 0 Å².